The minimum atomic E-state index is 0.197. The van der Waals surface area contributed by atoms with Crippen LogP contribution >= 0.6 is 0 Å². The van der Waals surface area contributed by atoms with Crippen LogP contribution in [0.15, 0.2) is 48.8 Å². The van der Waals surface area contributed by atoms with Gasteiger partial charge in [-0.05, 0) is 36.8 Å². The normalized spacial score (nSPS) is 14.9. The number of amides is 1. The van der Waals surface area contributed by atoms with E-state index in [1.54, 1.807) is 0 Å². The van der Waals surface area contributed by atoms with E-state index in [4.69, 9.17) is 0 Å². The summed E-state index contributed by atoms with van der Waals surface area (Å²) in [5.41, 5.74) is 3.38. The molecule has 25 heavy (non-hydrogen) atoms. The zero-order chi connectivity index (χ0) is 17.2. The first kappa shape index (κ1) is 15.7. The smallest absolute Gasteiger partial charge is 0.227 e. The molecule has 128 valence electrons. The maximum Gasteiger partial charge on any atom is 0.227 e. The highest BCUT2D eigenvalue weighted by molar-refractivity contribution is 5.89. The van der Waals surface area contributed by atoms with Crippen LogP contribution in [0.3, 0.4) is 0 Å². The Kier molecular flexibility index (Phi) is 4.14. The molecule has 2 aromatic heterocycles. The van der Waals surface area contributed by atoms with Crippen LogP contribution in [-0.2, 0) is 11.2 Å². The van der Waals surface area contributed by atoms with Crippen molar-refractivity contribution in [3.63, 3.8) is 0 Å². The first-order valence-electron chi connectivity index (χ1n) is 8.71. The summed E-state index contributed by atoms with van der Waals surface area (Å²) in [7, 11) is 0. The molecule has 1 saturated heterocycles. The van der Waals surface area contributed by atoms with Gasteiger partial charge in [0, 0.05) is 49.5 Å². The number of fused-ring (bicyclic) bond motifs is 1. The third kappa shape index (κ3) is 3.22. The van der Waals surface area contributed by atoms with Crippen LogP contribution in [0.1, 0.15) is 11.1 Å². The van der Waals surface area contributed by atoms with E-state index in [0.29, 0.717) is 6.42 Å². The van der Waals surface area contributed by atoms with Gasteiger partial charge in [-0.15, -0.1) is 0 Å². The topological polar surface area (TPSA) is 52.2 Å². The van der Waals surface area contributed by atoms with Crippen molar-refractivity contribution in [2.75, 3.05) is 31.1 Å². The number of H-pyrrole nitrogens is 1. The number of hydrogen-bond acceptors (Lipinski definition) is 3. The fraction of sp³-hybridized carbons (Fsp3) is 0.300. The van der Waals surface area contributed by atoms with E-state index >= 15 is 0 Å². The number of rotatable bonds is 3. The second kappa shape index (κ2) is 6.59. The highest BCUT2D eigenvalue weighted by Crippen LogP contribution is 2.21. The lowest BCUT2D eigenvalue weighted by molar-refractivity contribution is -0.130. The van der Waals surface area contributed by atoms with Crippen LogP contribution in [0.25, 0.3) is 10.9 Å². The highest BCUT2D eigenvalue weighted by Gasteiger charge is 2.22. The molecular formula is C20H22N4O. The first-order valence-corrected chi connectivity index (χ1v) is 8.71. The maximum absolute atomic E-state index is 12.7. The predicted molar refractivity (Wildman–Crippen MR) is 99.8 cm³/mol. The van der Waals surface area contributed by atoms with E-state index in [0.717, 1.165) is 48.5 Å². The summed E-state index contributed by atoms with van der Waals surface area (Å²) in [5.74, 6) is 1.18. The monoisotopic (exact) mass is 334 g/mol. The van der Waals surface area contributed by atoms with E-state index in [1.165, 1.54) is 5.56 Å². The maximum atomic E-state index is 12.7. The van der Waals surface area contributed by atoms with Crippen molar-refractivity contribution in [2.24, 2.45) is 0 Å². The molecule has 5 heteroatoms. The fourth-order valence-electron chi connectivity index (χ4n) is 3.44. The molecule has 0 radical (unpaired) electrons. The molecule has 4 rings (SSSR count). The molecule has 0 saturated carbocycles. The largest absolute Gasteiger partial charge is 0.361 e. The molecule has 1 fully saturated rings. The van der Waals surface area contributed by atoms with Crippen LogP contribution < -0.4 is 4.90 Å². The predicted octanol–water partition coefficient (Wildman–Crippen LogP) is 2.76. The molecule has 0 bridgehead atoms. The fourth-order valence-corrected chi connectivity index (χ4v) is 3.44. The lowest BCUT2D eigenvalue weighted by Crippen LogP contribution is -2.49. The standard InChI is InChI=1S/C20H22N4O/c1-15-5-6-18-17(12-15)16(14-22-18)13-20(25)24-10-8-23(9-11-24)19-4-2-3-7-21-19/h2-7,12,14,22H,8-11,13H2,1H3. The van der Waals surface area contributed by atoms with Gasteiger partial charge in [0.15, 0.2) is 0 Å². The average molecular weight is 334 g/mol. The zero-order valence-corrected chi connectivity index (χ0v) is 14.4. The van der Waals surface area contributed by atoms with Crippen molar-refractivity contribution in [3.8, 4) is 0 Å². The van der Waals surface area contributed by atoms with Gasteiger partial charge in [0.05, 0.1) is 6.42 Å². The van der Waals surface area contributed by atoms with Crippen molar-refractivity contribution in [1.82, 2.24) is 14.9 Å². The minimum absolute atomic E-state index is 0.197. The number of hydrogen-bond donors (Lipinski definition) is 1. The quantitative estimate of drug-likeness (QED) is 0.801. The van der Waals surface area contributed by atoms with E-state index < -0.39 is 0 Å². The summed E-state index contributed by atoms with van der Waals surface area (Å²) in [4.78, 5) is 24.6. The number of carbonyl (C=O) groups is 1. The molecule has 1 amide bonds. The van der Waals surface area contributed by atoms with Gasteiger partial charge in [0.25, 0.3) is 0 Å². The number of aromatic amines is 1. The number of benzene rings is 1. The summed E-state index contributed by atoms with van der Waals surface area (Å²) in [6.07, 6.45) is 4.23. The van der Waals surface area contributed by atoms with E-state index in [2.05, 4.69) is 40.0 Å². The Balaban J connectivity index is 1.41. The van der Waals surface area contributed by atoms with Crippen molar-refractivity contribution in [1.29, 1.82) is 0 Å². The number of nitrogens with zero attached hydrogens (tertiary/aromatic N) is 3. The number of piperazine rings is 1. The number of nitrogens with one attached hydrogen (secondary N) is 1. The summed E-state index contributed by atoms with van der Waals surface area (Å²) in [6, 6.07) is 12.2. The SMILES string of the molecule is Cc1ccc2[nH]cc(CC(=O)N3CCN(c4ccccn4)CC3)c2c1. The summed E-state index contributed by atoms with van der Waals surface area (Å²) >= 11 is 0. The molecule has 1 N–H and O–H groups in total. The summed E-state index contributed by atoms with van der Waals surface area (Å²) in [5, 5.41) is 1.15. The van der Waals surface area contributed by atoms with Gasteiger partial charge in [-0.2, -0.15) is 0 Å². The summed E-state index contributed by atoms with van der Waals surface area (Å²) in [6.45, 7) is 5.23. The van der Waals surface area contributed by atoms with Crippen LogP contribution in [-0.4, -0.2) is 47.0 Å². The van der Waals surface area contributed by atoms with Crippen LogP contribution in [0.4, 0.5) is 5.82 Å². The first-order chi connectivity index (χ1) is 12.2. The molecule has 1 aliphatic heterocycles. The Morgan fingerprint density at radius 1 is 1.16 bits per heavy atom. The van der Waals surface area contributed by atoms with Crippen LogP contribution in [0.5, 0.6) is 0 Å². The van der Waals surface area contributed by atoms with Crippen molar-refractivity contribution >= 4 is 22.6 Å². The molecule has 5 nitrogen and oxygen atoms in total. The molecule has 0 aliphatic carbocycles. The Hall–Kier alpha value is -2.82. The molecule has 0 atom stereocenters. The van der Waals surface area contributed by atoms with Crippen molar-refractivity contribution < 1.29 is 4.79 Å². The zero-order valence-electron chi connectivity index (χ0n) is 14.4. The molecule has 1 aromatic carbocycles. The Bertz CT molecular complexity index is 879. The van der Waals surface area contributed by atoms with Gasteiger partial charge in [0.1, 0.15) is 5.82 Å². The van der Waals surface area contributed by atoms with Crippen molar-refractivity contribution in [3.05, 3.63) is 59.9 Å². The van der Waals surface area contributed by atoms with Gasteiger partial charge in [-0.25, -0.2) is 4.98 Å². The lowest BCUT2D eigenvalue weighted by Gasteiger charge is -2.35. The molecule has 3 heterocycles. The van der Waals surface area contributed by atoms with Gasteiger partial charge in [-0.1, -0.05) is 17.7 Å². The number of aromatic nitrogens is 2. The number of pyridine rings is 1. The number of aryl methyl sites for hydroxylation is 1. The Labute approximate surface area is 147 Å². The number of carbonyl (C=O) groups excluding carboxylic acids is 1. The highest BCUT2D eigenvalue weighted by atomic mass is 16.2. The van der Waals surface area contributed by atoms with Gasteiger partial charge >= 0.3 is 0 Å². The van der Waals surface area contributed by atoms with Gasteiger partial charge in [0.2, 0.25) is 5.91 Å². The molecule has 3 aromatic rings. The third-order valence-corrected chi connectivity index (χ3v) is 4.87. The third-order valence-electron chi connectivity index (χ3n) is 4.87. The molecular weight excluding hydrogens is 312 g/mol. The number of anilines is 1. The minimum Gasteiger partial charge on any atom is -0.361 e. The van der Waals surface area contributed by atoms with E-state index in [-0.39, 0.29) is 5.91 Å². The van der Waals surface area contributed by atoms with Gasteiger partial charge < -0.3 is 14.8 Å². The Morgan fingerprint density at radius 2 is 2.00 bits per heavy atom. The average Bonchev–Trinajstić information content (AvgIpc) is 3.04. The van der Waals surface area contributed by atoms with E-state index in [1.807, 2.05) is 35.5 Å². The van der Waals surface area contributed by atoms with Gasteiger partial charge in [-0.3, -0.25) is 4.79 Å². The summed E-state index contributed by atoms with van der Waals surface area (Å²) < 4.78 is 0. The lowest BCUT2D eigenvalue weighted by atomic mass is 10.1. The molecule has 1 aliphatic rings. The molecule has 0 spiro atoms. The van der Waals surface area contributed by atoms with Crippen molar-refractivity contribution in [2.45, 2.75) is 13.3 Å². The van der Waals surface area contributed by atoms with Crippen LogP contribution in [0, 0.1) is 6.92 Å². The van der Waals surface area contributed by atoms with Crippen LogP contribution in [0.2, 0.25) is 0 Å². The molecule has 0 unspecified atom stereocenters. The second-order valence-corrected chi connectivity index (χ2v) is 6.60. The second-order valence-electron chi connectivity index (χ2n) is 6.60. The van der Waals surface area contributed by atoms with E-state index in [9.17, 15) is 4.79 Å². The Morgan fingerprint density at radius 3 is 2.76 bits per heavy atom.